The minimum atomic E-state index is 0.181. The number of rotatable bonds is 4. The molecule has 0 radical (unpaired) electrons. The van der Waals surface area contributed by atoms with E-state index in [4.69, 9.17) is 4.74 Å². The van der Waals surface area contributed by atoms with E-state index in [2.05, 4.69) is 52.5 Å². The molecule has 24 heavy (non-hydrogen) atoms. The number of piperidine rings is 1. The fourth-order valence-electron chi connectivity index (χ4n) is 4.54. The Kier molecular flexibility index (Phi) is 4.79. The maximum atomic E-state index is 6.45. The summed E-state index contributed by atoms with van der Waals surface area (Å²) in [5.41, 5.74) is 1.55. The van der Waals surface area contributed by atoms with Gasteiger partial charge in [-0.15, -0.1) is 0 Å². The van der Waals surface area contributed by atoms with Crippen molar-refractivity contribution in [3.8, 4) is 0 Å². The number of benzene rings is 1. The number of nitrogens with zero attached hydrogens (tertiary/aromatic N) is 2. The Morgan fingerprint density at radius 1 is 1.21 bits per heavy atom. The van der Waals surface area contributed by atoms with Gasteiger partial charge in [-0.3, -0.25) is 0 Å². The van der Waals surface area contributed by atoms with Crippen LogP contribution in [-0.4, -0.2) is 62.4 Å². The van der Waals surface area contributed by atoms with Gasteiger partial charge in [-0.25, -0.2) is 0 Å². The number of hydrogen-bond donors (Lipinski definition) is 1. The number of ether oxygens (including phenoxy) is 1. The maximum absolute atomic E-state index is 6.45. The second-order valence-electron chi connectivity index (χ2n) is 7.90. The van der Waals surface area contributed by atoms with Gasteiger partial charge in [0.25, 0.3) is 0 Å². The van der Waals surface area contributed by atoms with Crippen molar-refractivity contribution >= 4 is 5.69 Å². The third-order valence-electron chi connectivity index (χ3n) is 6.20. The van der Waals surface area contributed by atoms with Crippen LogP contribution in [0.3, 0.4) is 0 Å². The van der Waals surface area contributed by atoms with Crippen LogP contribution < -0.4 is 10.2 Å². The molecule has 3 aliphatic rings. The van der Waals surface area contributed by atoms with Crippen LogP contribution >= 0.6 is 0 Å². The monoisotopic (exact) mass is 329 g/mol. The van der Waals surface area contributed by atoms with E-state index in [0.29, 0.717) is 12.1 Å². The first kappa shape index (κ1) is 16.4. The average Bonchev–Trinajstić information content (AvgIpc) is 2.61. The van der Waals surface area contributed by atoms with Crippen molar-refractivity contribution in [1.82, 2.24) is 10.2 Å². The Morgan fingerprint density at radius 3 is 2.62 bits per heavy atom. The molecule has 1 aliphatic carbocycles. The summed E-state index contributed by atoms with van der Waals surface area (Å²) in [4.78, 5) is 5.07. The van der Waals surface area contributed by atoms with Crippen molar-refractivity contribution in [3.05, 3.63) is 30.3 Å². The topological polar surface area (TPSA) is 27.7 Å². The first-order valence-corrected chi connectivity index (χ1v) is 9.63. The highest BCUT2D eigenvalue weighted by Gasteiger charge is 2.42. The molecule has 4 heteroatoms. The predicted octanol–water partition coefficient (Wildman–Crippen LogP) is 2.50. The smallest absolute Gasteiger partial charge is 0.0834 e. The Balaban J connectivity index is 1.26. The maximum Gasteiger partial charge on any atom is 0.0834 e. The fraction of sp³-hybridized carbons (Fsp3) is 0.700. The van der Waals surface area contributed by atoms with Gasteiger partial charge >= 0.3 is 0 Å². The van der Waals surface area contributed by atoms with Crippen LogP contribution in [-0.2, 0) is 4.74 Å². The van der Waals surface area contributed by atoms with Crippen LogP contribution in [0.15, 0.2) is 30.3 Å². The third kappa shape index (κ3) is 3.46. The number of hydrogen-bond acceptors (Lipinski definition) is 4. The van der Waals surface area contributed by atoms with Gasteiger partial charge in [-0.1, -0.05) is 18.2 Å². The van der Waals surface area contributed by atoms with Crippen molar-refractivity contribution in [2.24, 2.45) is 0 Å². The van der Waals surface area contributed by atoms with Crippen LogP contribution in [0.25, 0.3) is 0 Å². The molecule has 1 spiro atoms. The molecule has 0 aromatic heterocycles. The van der Waals surface area contributed by atoms with Gasteiger partial charge < -0.3 is 19.9 Å². The van der Waals surface area contributed by atoms with E-state index in [-0.39, 0.29) is 5.60 Å². The van der Waals surface area contributed by atoms with Crippen LogP contribution in [0.2, 0.25) is 0 Å². The van der Waals surface area contributed by atoms with E-state index in [1.807, 2.05) is 0 Å². The lowest BCUT2D eigenvalue weighted by molar-refractivity contribution is -0.163. The van der Waals surface area contributed by atoms with Gasteiger partial charge in [0, 0.05) is 44.5 Å². The number of morpholine rings is 1. The van der Waals surface area contributed by atoms with E-state index in [1.165, 1.54) is 37.8 Å². The highest BCUT2D eigenvalue weighted by atomic mass is 16.5. The number of para-hydroxylation sites is 1. The molecule has 2 aliphatic heterocycles. The molecule has 1 atom stereocenters. The second kappa shape index (κ2) is 7.03. The van der Waals surface area contributed by atoms with Crippen molar-refractivity contribution < 1.29 is 4.74 Å². The summed E-state index contributed by atoms with van der Waals surface area (Å²) in [7, 11) is 2.29. The Labute approximate surface area is 146 Å². The summed E-state index contributed by atoms with van der Waals surface area (Å²) in [5, 5.41) is 3.60. The van der Waals surface area contributed by atoms with Gasteiger partial charge in [0.15, 0.2) is 0 Å². The zero-order valence-corrected chi connectivity index (χ0v) is 14.9. The summed E-state index contributed by atoms with van der Waals surface area (Å²) in [5.74, 6) is 0. The number of anilines is 1. The molecular formula is C20H31N3O. The van der Waals surface area contributed by atoms with E-state index in [0.717, 1.165) is 32.7 Å². The second-order valence-corrected chi connectivity index (χ2v) is 7.90. The molecular weight excluding hydrogens is 298 g/mol. The summed E-state index contributed by atoms with van der Waals surface area (Å²) < 4.78 is 6.45. The molecule has 4 rings (SSSR count). The lowest BCUT2D eigenvalue weighted by atomic mass is 9.79. The van der Waals surface area contributed by atoms with Gasteiger partial charge in [0.1, 0.15) is 0 Å². The Morgan fingerprint density at radius 2 is 1.96 bits per heavy atom. The van der Waals surface area contributed by atoms with Crippen molar-refractivity contribution in [3.63, 3.8) is 0 Å². The predicted molar refractivity (Wildman–Crippen MR) is 98.6 cm³/mol. The summed E-state index contributed by atoms with van der Waals surface area (Å²) in [6, 6.07) is 11.5. The number of nitrogens with one attached hydrogen (secondary N) is 1. The highest BCUT2D eigenvalue weighted by Crippen LogP contribution is 2.37. The van der Waals surface area contributed by atoms with Crippen molar-refractivity contribution in [1.29, 1.82) is 0 Å². The number of likely N-dealkylation sites (N-methyl/N-ethyl adjacent to an activating group) is 1. The van der Waals surface area contributed by atoms with E-state index < -0.39 is 0 Å². The molecule has 2 saturated heterocycles. The lowest BCUT2D eigenvalue weighted by Gasteiger charge is -2.49. The molecule has 1 unspecified atom stereocenters. The zero-order chi connectivity index (χ0) is 16.4. The largest absolute Gasteiger partial charge is 0.371 e. The molecule has 1 aromatic rings. The average molecular weight is 329 g/mol. The fourth-order valence-corrected chi connectivity index (χ4v) is 4.54. The lowest BCUT2D eigenvalue weighted by Crippen LogP contribution is -2.60. The molecule has 1 N–H and O–H groups in total. The molecule has 4 nitrogen and oxygen atoms in total. The summed E-state index contributed by atoms with van der Waals surface area (Å²) in [6.45, 7) is 5.45. The molecule has 3 fully saturated rings. The van der Waals surface area contributed by atoms with Gasteiger partial charge in [0.2, 0.25) is 0 Å². The highest BCUT2D eigenvalue weighted by molar-refractivity contribution is 5.46. The quantitative estimate of drug-likeness (QED) is 0.918. The van der Waals surface area contributed by atoms with Crippen LogP contribution in [0.5, 0.6) is 0 Å². The molecule has 1 saturated carbocycles. The van der Waals surface area contributed by atoms with Crippen molar-refractivity contribution in [2.75, 3.05) is 44.7 Å². The zero-order valence-electron chi connectivity index (χ0n) is 14.9. The molecule has 2 heterocycles. The van der Waals surface area contributed by atoms with E-state index in [1.54, 1.807) is 0 Å². The first-order valence-electron chi connectivity index (χ1n) is 9.63. The van der Waals surface area contributed by atoms with Gasteiger partial charge in [0.05, 0.1) is 11.7 Å². The van der Waals surface area contributed by atoms with Crippen LogP contribution in [0.1, 0.15) is 32.1 Å². The standard InChI is InChI=1S/C20H31N3O/c1-22(15-19-14-21-16-20(24-19)10-5-11-20)17-8-12-23(13-9-17)18-6-3-2-4-7-18/h2-4,6-7,17,19,21H,5,8-16H2,1H3. The van der Waals surface area contributed by atoms with E-state index in [9.17, 15) is 0 Å². The molecule has 0 bridgehead atoms. The Hall–Kier alpha value is -1.10. The van der Waals surface area contributed by atoms with Crippen LogP contribution in [0.4, 0.5) is 5.69 Å². The summed E-state index contributed by atoms with van der Waals surface area (Å²) in [6.07, 6.45) is 6.68. The molecule has 132 valence electrons. The van der Waals surface area contributed by atoms with Gasteiger partial charge in [-0.2, -0.15) is 0 Å². The minimum absolute atomic E-state index is 0.181. The van der Waals surface area contributed by atoms with Crippen molar-refractivity contribution in [2.45, 2.75) is 49.9 Å². The molecule has 1 aromatic carbocycles. The normalized spacial score (nSPS) is 27.4. The summed E-state index contributed by atoms with van der Waals surface area (Å²) >= 11 is 0. The SMILES string of the molecule is CN(CC1CNCC2(CCC2)O1)C1CCN(c2ccccc2)CC1. The Bertz CT molecular complexity index is 523. The van der Waals surface area contributed by atoms with E-state index >= 15 is 0 Å². The van der Waals surface area contributed by atoms with Crippen LogP contribution in [0, 0.1) is 0 Å². The van der Waals surface area contributed by atoms with Gasteiger partial charge in [-0.05, 0) is 51.3 Å². The molecule has 0 amide bonds. The first-order chi connectivity index (χ1) is 11.7. The third-order valence-corrected chi connectivity index (χ3v) is 6.20. The minimum Gasteiger partial charge on any atom is -0.371 e.